The van der Waals surface area contributed by atoms with Gasteiger partial charge in [0.25, 0.3) is 0 Å². The summed E-state index contributed by atoms with van der Waals surface area (Å²) in [7, 11) is 5.55. The topological polar surface area (TPSA) is 65.8 Å². The summed E-state index contributed by atoms with van der Waals surface area (Å²) in [5, 5.41) is 2.61. The van der Waals surface area contributed by atoms with Crippen molar-refractivity contribution in [2.24, 2.45) is 5.11 Å². The second-order valence-corrected chi connectivity index (χ2v) is 1.94. The monoisotopic (exact) mass is 163 g/mol. The zero-order chi connectivity index (χ0) is 7.11. The van der Waals surface area contributed by atoms with Crippen LogP contribution in [0.1, 0.15) is 0 Å². The van der Waals surface area contributed by atoms with E-state index in [9.17, 15) is 4.79 Å². The van der Waals surface area contributed by atoms with Gasteiger partial charge in [0.2, 0.25) is 5.12 Å². The zero-order valence-corrected chi connectivity index (χ0v) is 5.76. The molecule has 0 spiro atoms. The minimum absolute atomic E-state index is 0.357. The maximum absolute atomic E-state index is 10.2. The summed E-state index contributed by atoms with van der Waals surface area (Å²) in [6.45, 7) is 0. The highest BCUT2D eigenvalue weighted by atomic mass is 35.7. The Morgan fingerprint density at radius 1 is 1.89 bits per heavy atom. The van der Waals surface area contributed by atoms with E-state index in [4.69, 9.17) is 16.2 Å². The molecule has 0 aliphatic heterocycles. The molecule has 0 aromatic heterocycles. The standard InChI is InChI=1S/C3H2ClN3OS/c4-9-3(8)1-2-6-7-5/h1-2H. The third kappa shape index (κ3) is 5.23. The first-order chi connectivity index (χ1) is 4.31. The molecule has 48 valence electrons. The molecule has 0 fully saturated rings. The first-order valence-electron chi connectivity index (χ1n) is 1.84. The van der Waals surface area contributed by atoms with Crippen LogP contribution in [0.4, 0.5) is 0 Å². The average Bonchev–Trinajstić information content (AvgIpc) is 1.89. The van der Waals surface area contributed by atoms with Crippen LogP contribution in [-0.4, -0.2) is 5.12 Å². The number of hydrogen-bond donors (Lipinski definition) is 0. The first-order valence-corrected chi connectivity index (χ1v) is 3.49. The van der Waals surface area contributed by atoms with Gasteiger partial charge in [0, 0.05) is 22.1 Å². The summed E-state index contributed by atoms with van der Waals surface area (Å²) < 4.78 is 0. The van der Waals surface area contributed by atoms with Crippen molar-refractivity contribution in [2.45, 2.75) is 0 Å². The van der Waals surface area contributed by atoms with E-state index in [1.54, 1.807) is 0 Å². The Balaban J connectivity index is 3.70. The van der Waals surface area contributed by atoms with Gasteiger partial charge >= 0.3 is 0 Å². The van der Waals surface area contributed by atoms with Crippen LogP contribution in [0, 0.1) is 0 Å². The summed E-state index contributed by atoms with van der Waals surface area (Å²) in [4.78, 5) is 12.6. The molecule has 0 saturated heterocycles. The average molecular weight is 164 g/mol. The zero-order valence-electron chi connectivity index (χ0n) is 4.19. The quantitative estimate of drug-likeness (QED) is 0.271. The van der Waals surface area contributed by atoms with Crippen molar-refractivity contribution in [3.8, 4) is 0 Å². The minimum atomic E-state index is -0.357. The molecule has 0 atom stereocenters. The largest absolute Gasteiger partial charge is 0.281 e. The number of halogens is 1. The lowest BCUT2D eigenvalue weighted by molar-refractivity contribution is -0.106. The Kier molecular flexibility index (Phi) is 5.11. The fourth-order valence-electron chi connectivity index (χ4n) is 0.150. The third-order valence-electron chi connectivity index (χ3n) is 0.405. The van der Waals surface area contributed by atoms with E-state index in [2.05, 4.69) is 10.0 Å². The van der Waals surface area contributed by atoms with Crippen molar-refractivity contribution in [3.05, 3.63) is 22.7 Å². The predicted molar refractivity (Wildman–Crippen MR) is 36.7 cm³/mol. The van der Waals surface area contributed by atoms with Crippen molar-refractivity contribution in [1.82, 2.24) is 0 Å². The van der Waals surface area contributed by atoms with Gasteiger partial charge in [0.05, 0.1) is 0 Å². The van der Waals surface area contributed by atoms with Crippen LogP contribution in [0.3, 0.4) is 0 Å². The Labute approximate surface area is 60.0 Å². The summed E-state index contributed by atoms with van der Waals surface area (Å²) in [5.74, 6) is 0. The number of azide groups is 1. The lowest BCUT2D eigenvalue weighted by Gasteiger charge is -1.75. The lowest BCUT2D eigenvalue weighted by Crippen LogP contribution is -1.75. The van der Waals surface area contributed by atoms with Crippen LogP contribution in [0.25, 0.3) is 10.4 Å². The van der Waals surface area contributed by atoms with E-state index in [1.807, 2.05) is 0 Å². The van der Waals surface area contributed by atoms with E-state index in [-0.39, 0.29) is 5.12 Å². The summed E-state index contributed by atoms with van der Waals surface area (Å²) in [6.07, 6.45) is 2.12. The minimum Gasteiger partial charge on any atom is -0.281 e. The van der Waals surface area contributed by atoms with E-state index in [0.717, 1.165) is 12.3 Å². The molecule has 0 heterocycles. The predicted octanol–water partition coefficient (Wildman–Crippen LogP) is 2.22. The Bertz CT molecular complexity index is 174. The molecule has 0 saturated carbocycles. The fourth-order valence-corrected chi connectivity index (χ4v) is 0.416. The number of nitrogens with zero attached hydrogens (tertiary/aromatic N) is 3. The van der Waals surface area contributed by atoms with E-state index in [1.165, 1.54) is 0 Å². The number of carbonyl (C=O) groups excluding carboxylic acids is 1. The van der Waals surface area contributed by atoms with Gasteiger partial charge in [-0.2, -0.15) is 0 Å². The molecule has 0 aromatic carbocycles. The van der Waals surface area contributed by atoms with E-state index in [0.29, 0.717) is 11.0 Å². The molecule has 6 heteroatoms. The van der Waals surface area contributed by atoms with Crippen molar-refractivity contribution in [3.63, 3.8) is 0 Å². The Morgan fingerprint density at radius 2 is 2.56 bits per heavy atom. The molecule has 0 aliphatic carbocycles. The molecule has 0 amide bonds. The van der Waals surface area contributed by atoms with Crippen LogP contribution in [0.5, 0.6) is 0 Å². The van der Waals surface area contributed by atoms with Crippen molar-refractivity contribution < 1.29 is 4.79 Å². The van der Waals surface area contributed by atoms with Crippen LogP contribution >= 0.6 is 21.7 Å². The molecule has 4 nitrogen and oxygen atoms in total. The maximum Gasteiger partial charge on any atom is 0.227 e. The highest BCUT2D eigenvalue weighted by Gasteiger charge is 1.88. The van der Waals surface area contributed by atoms with Gasteiger partial charge < -0.3 is 0 Å². The van der Waals surface area contributed by atoms with Gasteiger partial charge in [-0.05, 0) is 22.3 Å². The second kappa shape index (κ2) is 5.50. The molecule has 0 aliphatic rings. The Hall–Kier alpha value is -0.640. The molecular weight excluding hydrogens is 162 g/mol. The third-order valence-corrected chi connectivity index (χ3v) is 1.15. The van der Waals surface area contributed by atoms with Gasteiger partial charge in [0.15, 0.2) is 0 Å². The van der Waals surface area contributed by atoms with Gasteiger partial charge in [-0.25, -0.2) is 0 Å². The molecule has 0 rings (SSSR count). The molecule has 0 bridgehead atoms. The summed E-state index contributed by atoms with van der Waals surface area (Å²) >= 11 is 0. The van der Waals surface area contributed by atoms with Gasteiger partial charge in [-0.1, -0.05) is 5.11 Å². The molecule has 0 N–H and O–H groups in total. The number of carbonyl (C=O) groups is 1. The summed E-state index contributed by atoms with van der Waals surface area (Å²) in [6, 6.07) is 0. The van der Waals surface area contributed by atoms with Crippen LogP contribution in [0.2, 0.25) is 0 Å². The van der Waals surface area contributed by atoms with Crippen molar-refractivity contribution in [2.75, 3.05) is 0 Å². The molecule has 0 aromatic rings. The van der Waals surface area contributed by atoms with Crippen LogP contribution < -0.4 is 0 Å². The maximum atomic E-state index is 10.2. The SMILES string of the molecule is [N-]=[N+]=NC=CC(=O)SCl. The van der Waals surface area contributed by atoms with Crippen LogP contribution in [0.15, 0.2) is 17.4 Å². The molecule has 0 unspecified atom stereocenters. The second-order valence-electron chi connectivity index (χ2n) is 0.917. The van der Waals surface area contributed by atoms with Gasteiger partial charge in [0.1, 0.15) is 0 Å². The Morgan fingerprint density at radius 3 is 3.00 bits per heavy atom. The van der Waals surface area contributed by atoms with Crippen molar-refractivity contribution >= 4 is 26.8 Å². The van der Waals surface area contributed by atoms with E-state index < -0.39 is 0 Å². The highest BCUT2D eigenvalue weighted by Crippen LogP contribution is 2.07. The van der Waals surface area contributed by atoms with Gasteiger partial charge in [-0.3, -0.25) is 4.79 Å². The van der Waals surface area contributed by atoms with E-state index >= 15 is 0 Å². The highest BCUT2D eigenvalue weighted by molar-refractivity contribution is 8.32. The summed E-state index contributed by atoms with van der Waals surface area (Å²) in [5.41, 5.74) is 7.71. The van der Waals surface area contributed by atoms with Crippen molar-refractivity contribution in [1.29, 1.82) is 0 Å². The molecular formula is C3H2ClN3OS. The number of hydrogen-bond acceptors (Lipinski definition) is 3. The lowest BCUT2D eigenvalue weighted by atomic mass is 10.7. The first kappa shape index (κ1) is 8.36. The molecule has 0 radical (unpaired) electrons. The fraction of sp³-hybridized carbons (Fsp3) is 0. The number of rotatable bonds is 2. The molecule has 9 heavy (non-hydrogen) atoms. The normalized spacial score (nSPS) is 9.00. The van der Waals surface area contributed by atoms with Crippen LogP contribution in [-0.2, 0) is 4.79 Å². The van der Waals surface area contributed by atoms with Gasteiger partial charge in [-0.15, -0.1) is 0 Å². The smallest absolute Gasteiger partial charge is 0.227 e.